The van der Waals surface area contributed by atoms with Gasteiger partial charge in [-0.15, -0.1) is 0 Å². The molecule has 0 heterocycles. The fourth-order valence-corrected chi connectivity index (χ4v) is 1.96. The van der Waals surface area contributed by atoms with Crippen LogP contribution in [0.15, 0.2) is 42.5 Å². The topological polar surface area (TPSA) is 63.6 Å². The fraction of sp³-hybridized carbons (Fsp3) is 0.125. The number of carbonyl (C=O) groups excluding carboxylic acids is 1. The molecule has 0 aliphatic carbocycles. The molecule has 0 aliphatic heterocycles. The van der Waals surface area contributed by atoms with Crippen LogP contribution in [0, 0.1) is 0 Å². The molecule has 0 saturated heterocycles. The summed E-state index contributed by atoms with van der Waals surface area (Å²) >= 11 is 0. The zero-order valence-electron chi connectivity index (χ0n) is 11.2. The number of Topliss-reactive ketones (excluding diaryl/α,β-unsaturated/α-hetero) is 1. The first-order valence-electron chi connectivity index (χ1n) is 6.05. The molecule has 2 rings (SSSR count). The summed E-state index contributed by atoms with van der Waals surface area (Å²) in [6.45, 7) is 1.49. The van der Waals surface area contributed by atoms with Crippen molar-refractivity contribution in [2.45, 2.75) is 6.92 Å². The van der Waals surface area contributed by atoms with E-state index in [0.29, 0.717) is 16.9 Å². The Morgan fingerprint density at radius 2 is 1.70 bits per heavy atom. The minimum absolute atomic E-state index is 0.0234. The molecular weight excluding hydrogens is 256 g/mol. The van der Waals surface area contributed by atoms with Gasteiger partial charge in [-0.25, -0.2) is 4.79 Å². The first-order chi connectivity index (χ1) is 9.52. The molecule has 0 fully saturated rings. The number of benzene rings is 2. The van der Waals surface area contributed by atoms with Gasteiger partial charge in [0.1, 0.15) is 5.75 Å². The van der Waals surface area contributed by atoms with E-state index in [9.17, 15) is 14.7 Å². The third kappa shape index (κ3) is 2.69. The van der Waals surface area contributed by atoms with Gasteiger partial charge in [0, 0.05) is 5.56 Å². The van der Waals surface area contributed by atoms with Gasteiger partial charge >= 0.3 is 5.97 Å². The number of carbonyl (C=O) groups is 2. The molecule has 0 aromatic heterocycles. The molecule has 0 unspecified atom stereocenters. The maximum absolute atomic E-state index is 11.3. The van der Waals surface area contributed by atoms with Gasteiger partial charge in [0.05, 0.1) is 12.7 Å². The lowest BCUT2D eigenvalue weighted by Gasteiger charge is -2.09. The Morgan fingerprint density at radius 3 is 2.20 bits per heavy atom. The molecule has 0 spiro atoms. The first kappa shape index (κ1) is 13.8. The molecule has 4 heteroatoms. The van der Waals surface area contributed by atoms with Crippen LogP contribution in [0.3, 0.4) is 0 Å². The number of rotatable bonds is 4. The molecule has 0 saturated carbocycles. The molecule has 0 aliphatic rings. The van der Waals surface area contributed by atoms with Crippen LogP contribution < -0.4 is 4.74 Å². The molecule has 2 aromatic carbocycles. The number of carboxylic acid groups (broad SMARTS) is 1. The Kier molecular flexibility index (Phi) is 3.84. The lowest BCUT2D eigenvalue weighted by Crippen LogP contribution is -2.00. The van der Waals surface area contributed by atoms with Crippen LogP contribution in [-0.4, -0.2) is 24.0 Å². The number of ether oxygens (including phenoxy) is 1. The molecule has 0 amide bonds. The van der Waals surface area contributed by atoms with Gasteiger partial charge in [-0.2, -0.15) is 0 Å². The van der Waals surface area contributed by atoms with Crippen LogP contribution in [-0.2, 0) is 0 Å². The van der Waals surface area contributed by atoms with Gasteiger partial charge in [0.25, 0.3) is 0 Å². The minimum atomic E-state index is -1.02. The summed E-state index contributed by atoms with van der Waals surface area (Å²) in [6.07, 6.45) is 0. The van der Waals surface area contributed by atoms with E-state index in [1.807, 2.05) is 0 Å². The lowest BCUT2D eigenvalue weighted by molar-refractivity contribution is 0.0697. The standard InChI is InChI=1S/C16H14O4/c1-10(17)11-3-5-12(6-4-11)14-8-7-13(20-2)9-15(14)16(18)19/h3-9H,1-2H3,(H,18,19). The van der Waals surface area contributed by atoms with Crippen LogP contribution in [0.4, 0.5) is 0 Å². The van der Waals surface area contributed by atoms with E-state index >= 15 is 0 Å². The summed E-state index contributed by atoms with van der Waals surface area (Å²) in [5.74, 6) is -0.550. The summed E-state index contributed by atoms with van der Waals surface area (Å²) < 4.78 is 5.04. The lowest BCUT2D eigenvalue weighted by atomic mass is 9.98. The number of hydrogen-bond acceptors (Lipinski definition) is 3. The third-order valence-electron chi connectivity index (χ3n) is 3.06. The SMILES string of the molecule is COc1ccc(-c2ccc(C(C)=O)cc2)c(C(=O)O)c1. The van der Waals surface area contributed by atoms with Gasteiger partial charge in [-0.1, -0.05) is 24.3 Å². The second kappa shape index (κ2) is 5.57. The zero-order chi connectivity index (χ0) is 14.7. The number of carboxylic acids is 1. The van der Waals surface area contributed by atoms with Gasteiger partial charge in [-0.3, -0.25) is 4.79 Å². The molecule has 0 bridgehead atoms. The monoisotopic (exact) mass is 270 g/mol. The van der Waals surface area contributed by atoms with E-state index in [4.69, 9.17) is 4.74 Å². The van der Waals surface area contributed by atoms with Crippen molar-refractivity contribution in [3.63, 3.8) is 0 Å². The summed E-state index contributed by atoms with van der Waals surface area (Å²) in [4.78, 5) is 22.6. The number of ketones is 1. The quantitative estimate of drug-likeness (QED) is 0.866. The van der Waals surface area contributed by atoms with Crippen LogP contribution >= 0.6 is 0 Å². The molecule has 20 heavy (non-hydrogen) atoms. The predicted octanol–water partition coefficient (Wildman–Crippen LogP) is 3.26. The van der Waals surface area contributed by atoms with Crippen LogP contribution in [0.25, 0.3) is 11.1 Å². The Labute approximate surface area is 116 Å². The molecule has 4 nitrogen and oxygen atoms in total. The van der Waals surface area contributed by atoms with E-state index in [2.05, 4.69) is 0 Å². The van der Waals surface area contributed by atoms with Crippen molar-refractivity contribution in [1.29, 1.82) is 0 Å². The van der Waals surface area contributed by atoms with Gasteiger partial charge in [0.2, 0.25) is 0 Å². The first-order valence-corrected chi connectivity index (χ1v) is 6.05. The fourth-order valence-electron chi connectivity index (χ4n) is 1.96. The normalized spacial score (nSPS) is 10.1. The van der Waals surface area contributed by atoms with E-state index in [1.54, 1.807) is 36.4 Å². The second-order valence-electron chi connectivity index (χ2n) is 4.35. The van der Waals surface area contributed by atoms with Crippen molar-refractivity contribution in [3.8, 4) is 16.9 Å². The van der Waals surface area contributed by atoms with Crippen molar-refractivity contribution >= 4 is 11.8 Å². The molecule has 0 atom stereocenters. The van der Waals surface area contributed by atoms with Gasteiger partial charge in [-0.05, 0) is 36.2 Å². The van der Waals surface area contributed by atoms with E-state index in [1.165, 1.54) is 20.1 Å². The maximum atomic E-state index is 11.3. The molecule has 1 N–H and O–H groups in total. The molecule has 0 radical (unpaired) electrons. The van der Waals surface area contributed by atoms with Crippen molar-refractivity contribution < 1.29 is 19.4 Å². The average molecular weight is 270 g/mol. The Bertz CT molecular complexity index is 657. The number of hydrogen-bond donors (Lipinski definition) is 1. The summed E-state index contributed by atoms with van der Waals surface area (Å²) in [5.41, 5.74) is 2.10. The number of methoxy groups -OCH3 is 1. The summed E-state index contributed by atoms with van der Waals surface area (Å²) in [6, 6.07) is 11.7. The Morgan fingerprint density at radius 1 is 1.05 bits per heavy atom. The highest BCUT2D eigenvalue weighted by Crippen LogP contribution is 2.27. The third-order valence-corrected chi connectivity index (χ3v) is 3.06. The largest absolute Gasteiger partial charge is 0.497 e. The Hall–Kier alpha value is -2.62. The van der Waals surface area contributed by atoms with Crippen LogP contribution in [0.1, 0.15) is 27.6 Å². The van der Waals surface area contributed by atoms with E-state index in [0.717, 1.165) is 5.56 Å². The smallest absolute Gasteiger partial charge is 0.336 e. The van der Waals surface area contributed by atoms with E-state index in [-0.39, 0.29) is 11.3 Å². The van der Waals surface area contributed by atoms with Crippen LogP contribution in [0.2, 0.25) is 0 Å². The average Bonchev–Trinajstić information content (AvgIpc) is 2.46. The second-order valence-corrected chi connectivity index (χ2v) is 4.35. The highest BCUT2D eigenvalue weighted by Gasteiger charge is 2.13. The highest BCUT2D eigenvalue weighted by molar-refractivity contribution is 5.98. The molecular formula is C16H14O4. The van der Waals surface area contributed by atoms with Crippen molar-refractivity contribution in [2.24, 2.45) is 0 Å². The molecule has 102 valence electrons. The zero-order valence-corrected chi connectivity index (χ0v) is 11.2. The van der Waals surface area contributed by atoms with Crippen molar-refractivity contribution in [3.05, 3.63) is 53.6 Å². The van der Waals surface area contributed by atoms with Gasteiger partial charge < -0.3 is 9.84 Å². The number of aromatic carboxylic acids is 1. The predicted molar refractivity (Wildman–Crippen MR) is 75.4 cm³/mol. The summed E-state index contributed by atoms with van der Waals surface area (Å²) in [5, 5.41) is 9.28. The maximum Gasteiger partial charge on any atom is 0.336 e. The van der Waals surface area contributed by atoms with E-state index < -0.39 is 5.97 Å². The summed E-state index contributed by atoms with van der Waals surface area (Å²) in [7, 11) is 1.49. The Balaban J connectivity index is 2.51. The highest BCUT2D eigenvalue weighted by atomic mass is 16.5. The van der Waals surface area contributed by atoms with Crippen molar-refractivity contribution in [2.75, 3.05) is 7.11 Å². The van der Waals surface area contributed by atoms with Crippen molar-refractivity contribution in [1.82, 2.24) is 0 Å². The molecule has 2 aromatic rings. The van der Waals surface area contributed by atoms with Crippen LogP contribution in [0.5, 0.6) is 5.75 Å². The van der Waals surface area contributed by atoms with Gasteiger partial charge in [0.15, 0.2) is 5.78 Å². The minimum Gasteiger partial charge on any atom is -0.497 e.